The van der Waals surface area contributed by atoms with Crippen molar-refractivity contribution in [2.75, 3.05) is 0 Å². The van der Waals surface area contributed by atoms with Crippen LogP contribution >= 0.6 is 34.0 Å². The summed E-state index contributed by atoms with van der Waals surface area (Å²) in [6.45, 7) is 44.6. The van der Waals surface area contributed by atoms with Gasteiger partial charge in [0.2, 0.25) is 0 Å². The molecule has 9 rings (SSSR count). The Labute approximate surface area is 461 Å². The van der Waals surface area contributed by atoms with Crippen LogP contribution in [0.25, 0.3) is 0 Å². The monoisotopic (exact) mass is 1090 g/mol. The van der Waals surface area contributed by atoms with Crippen molar-refractivity contribution >= 4 is 34.0 Å². The summed E-state index contributed by atoms with van der Waals surface area (Å²) < 4.78 is 14.8. The number of nitrogens with one attached hydrogen (secondary N) is 3. The predicted octanol–water partition coefficient (Wildman–Crippen LogP) is 17.3. The molecule has 75 heavy (non-hydrogen) atoms. The van der Waals surface area contributed by atoms with Crippen LogP contribution in [0.3, 0.4) is 0 Å². The molecule has 9 aromatic heterocycles. The number of hydrogen-bond donors (Lipinski definition) is 3. The molecule has 0 aliphatic rings. The minimum absolute atomic E-state index is 0.118. The van der Waals surface area contributed by atoms with E-state index in [-0.39, 0.29) is 16.2 Å². The van der Waals surface area contributed by atoms with E-state index in [1.54, 1.807) is 77.8 Å². The predicted molar refractivity (Wildman–Crippen MR) is 312 cm³/mol. The molecule has 0 amide bonds. The van der Waals surface area contributed by atoms with Gasteiger partial charge >= 0.3 is 0 Å². The zero-order chi connectivity index (χ0) is 56.6. The summed E-state index contributed by atoms with van der Waals surface area (Å²) in [7, 11) is 0. The van der Waals surface area contributed by atoms with Crippen molar-refractivity contribution in [3.63, 3.8) is 0 Å². The minimum atomic E-state index is 0.118. The molecule has 0 aliphatic heterocycles. The quantitative estimate of drug-likeness (QED) is 0.142. The lowest BCUT2D eigenvalue weighted by Crippen LogP contribution is -2.10. The first-order chi connectivity index (χ1) is 35.1. The first-order valence-electron chi connectivity index (χ1n) is 25.4. The topological polar surface area (TPSA) is 203 Å². The van der Waals surface area contributed by atoms with Gasteiger partial charge in [-0.3, -0.25) is 4.98 Å². The van der Waals surface area contributed by atoms with Gasteiger partial charge in [-0.1, -0.05) is 145 Å². The number of imidazole rings is 3. The highest BCUT2D eigenvalue weighted by Gasteiger charge is 2.16. The standard InChI is InChI=1S/C7H12N2.C7H11NO.C7H11NS.2C6H10N2.2C6H9NO.2C6H9NS/c1-7(2,3)6-4-8-5-9-6;2*1-7(2,3)6-4-9-5-8-6;1-5(2)6-3-7-4-8-6;1-5(2)6-7-3-4-8-6;1-5(2)6-3-7-4-8-6;1-5(2)6-7-3-4-8-6;1-5(2)6-3-7-4-8-6;1-5(2)6-7-3-4-8-6/h4-5H,1-3H3,(H,8,9);2*4-5H,1-3H3;2*3-5H,1-2H3,(H,7,8);4*3-5H,1-2H3. The molecule has 9 aromatic rings. The van der Waals surface area contributed by atoms with Crippen LogP contribution in [0.15, 0.2) is 123 Å². The van der Waals surface area contributed by atoms with Crippen LogP contribution in [-0.4, -0.2) is 59.8 Å². The summed E-state index contributed by atoms with van der Waals surface area (Å²) in [4.78, 5) is 46.4. The van der Waals surface area contributed by atoms with Crippen molar-refractivity contribution in [3.8, 4) is 0 Å². The Balaban J connectivity index is 0.000000422. The molecule has 0 fully saturated rings. The van der Waals surface area contributed by atoms with E-state index >= 15 is 0 Å². The van der Waals surface area contributed by atoms with Gasteiger partial charge in [0.05, 0.1) is 52.5 Å². The number of thiazole rings is 3. The Kier molecular flexibility index (Phi) is 31.7. The third-order valence-corrected chi connectivity index (χ3v) is 12.6. The lowest BCUT2D eigenvalue weighted by atomic mass is 9.93. The molecule has 15 nitrogen and oxygen atoms in total. The lowest BCUT2D eigenvalue weighted by Gasteiger charge is -2.14. The van der Waals surface area contributed by atoms with Crippen molar-refractivity contribution in [2.24, 2.45) is 0 Å². The molecule has 9 heterocycles. The maximum Gasteiger partial charge on any atom is 0.196 e. The van der Waals surface area contributed by atoms with E-state index in [1.807, 2.05) is 61.2 Å². The van der Waals surface area contributed by atoms with E-state index < -0.39 is 0 Å². The third kappa shape index (κ3) is 30.3. The second-order valence-electron chi connectivity index (χ2n) is 21.9. The number of rotatable bonds is 6. The van der Waals surface area contributed by atoms with E-state index in [0.717, 1.165) is 23.2 Å². The van der Waals surface area contributed by atoms with Crippen molar-refractivity contribution in [1.82, 2.24) is 59.8 Å². The highest BCUT2D eigenvalue weighted by Crippen LogP contribution is 2.22. The largest absolute Gasteiger partial charge is 0.451 e. The average Bonchev–Trinajstić information content (AvgIpc) is 4.20. The lowest BCUT2D eigenvalue weighted by molar-refractivity contribution is 0.471. The van der Waals surface area contributed by atoms with Crippen LogP contribution in [0, 0.1) is 0 Å². The summed E-state index contributed by atoms with van der Waals surface area (Å²) in [5, 5.41) is 5.33. The van der Waals surface area contributed by atoms with Crippen molar-refractivity contribution in [1.29, 1.82) is 0 Å². The first-order valence-corrected chi connectivity index (χ1v) is 28.1. The van der Waals surface area contributed by atoms with Crippen molar-refractivity contribution in [2.45, 2.75) is 197 Å². The first kappa shape index (κ1) is 67.2. The number of nitrogens with zero attached hydrogens (tertiary/aromatic N) is 9. The maximum atomic E-state index is 4.98. The molecule has 0 saturated heterocycles. The summed E-state index contributed by atoms with van der Waals surface area (Å²) in [5.74, 6) is 6.00. The Bertz CT molecular complexity index is 2130. The SMILES string of the molecule is CC(C)(C)c1cnc[nH]1.CC(C)(C)c1cocn1.CC(C)(C)c1cscn1.CC(C)c1cnc[nH]1.CC(C)c1cnco1.CC(C)c1cncs1.CC(C)c1ncc[nH]1.CC(C)c1ncco1.CC(C)c1nccs1. The molecule has 414 valence electrons. The molecule has 18 heteroatoms. The Morgan fingerprint density at radius 3 is 1.43 bits per heavy atom. The molecule has 0 spiro atoms. The number of H-pyrrole nitrogens is 3. The normalized spacial score (nSPS) is 10.9. The number of aromatic amines is 3. The number of hydrogen-bond acceptors (Lipinski definition) is 15. The molecule has 3 N–H and O–H groups in total. The molecule has 0 aliphatic carbocycles. The summed E-state index contributed by atoms with van der Waals surface area (Å²) in [6, 6.07) is 0. The van der Waals surface area contributed by atoms with Crippen LogP contribution in [-0.2, 0) is 16.2 Å². The molecule has 0 aromatic carbocycles. The van der Waals surface area contributed by atoms with E-state index in [0.29, 0.717) is 35.5 Å². The second kappa shape index (κ2) is 35.4. The van der Waals surface area contributed by atoms with Crippen LogP contribution in [0.2, 0.25) is 0 Å². The molecular weight excluding hydrogens is 997 g/mol. The van der Waals surface area contributed by atoms with Crippen LogP contribution in [0.4, 0.5) is 0 Å². The van der Waals surface area contributed by atoms with Crippen LogP contribution in [0.1, 0.15) is 231 Å². The Morgan fingerprint density at radius 2 is 1.19 bits per heavy atom. The Morgan fingerprint density at radius 1 is 0.507 bits per heavy atom. The van der Waals surface area contributed by atoms with Crippen molar-refractivity contribution < 1.29 is 13.3 Å². The fourth-order valence-corrected chi connectivity index (χ4v) is 7.14. The van der Waals surface area contributed by atoms with Gasteiger partial charge in [-0.05, 0) is 11.8 Å². The van der Waals surface area contributed by atoms with Crippen molar-refractivity contribution in [3.05, 3.63) is 159 Å². The molecule has 0 radical (unpaired) electrons. The number of aromatic nitrogens is 12. The fourth-order valence-electron chi connectivity index (χ4n) is 5.07. The highest BCUT2D eigenvalue weighted by atomic mass is 32.1. The fraction of sp³-hybridized carbons (Fsp3) is 0.526. The molecule has 0 atom stereocenters. The van der Waals surface area contributed by atoms with Gasteiger partial charge in [-0.15, -0.1) is 34.0 Å². The van der Waals surface area contributed by atoms with Gasteiger partial charge in [0.15, 0.2) is 18.7 Å². The molecule has 0 saturated carbocycles. The van der Waals surface area contributed by atoms with E-state index in [2.05, 4.69) is 197 Å². The summed E-state index contributed by atoms with van der Waals surface area (Å²) in [6.07, 6.45) is 24.1. The number of oxazole rings is 3. The van der Waals surface area contributed by atoms with Gasteiger partial charge in [-0.2, -0.15) is 0 Å². The summed E-state index contributed by atoms with van der Waals surface area (Å²) >= 11 is 5.10. The van der Waals surface area contributed by atoms with E-state index in [1.165, 1.54) is 39.8 Å². The van der Waals surface area contributed by atoms with E-state index in [4.69, 9.17) is 13.3 Å². The summed E-state index contributed by atoms with van der Waals surface area (Å²) in [5.41, 5.74) is 8.86. The van der Waals surface area contributed by atoms with Gasteiger partial charge in [0.25, 0.3) is 0 Å². The molecular formula is C57H90N12O3S3. The highest BCUT2D eigenvalue weighted by molar-refractivity contribution is 7.09. The average molecular weight is 1090 g/mol. The zero-order valence-corrected chi connectivity index (χ0v) is 51.3. The van der Waals surface area contributed by atoms with Gasteiger partial charge < -0.3 is 28.2 Å². The minimum Gasteiger partial charge on any atom is -0.451 e. The van der Waals surface area contributed by atoms with Crippen LogP contribution < -0.4 is 0 Å². The smallest absolute Gasteiger partial charge is 0.196 e. The maximum absolute atomic E-state index is 4.98. The van der Waals surface area contributed by atoms with Gasteiger partial charge in [0.1, 0.15) is 24.1 Å². The van der Waals surface area contributed by atoms with Crippen LogP contribution in [0.5, 0.6) is 0 Å². The second-order valence-corrected chi connectivity index (χ2v) is 24.5. The Hall–Kier alpha value is -5.85. The molecule has 0 unspecified atom stereocenters. The zero-order valence-electron chi connectivity index (χ0n) is 48.8. The van der Waals surface area contributed by atoms with Gasteiger partial charge in [-0.25, -0.2) is 39.9 Å². The van der Waals surface area contributed by atoms with E-state index in [9.17, 15) is 0 Å². The third-order valence-electron chi connectivity index (χ3n) is 9.85. The molecule has 0 bridgehead atoms. The van der Waals surface area contributed by atoms with Gasteiger partial charge in [0, 0.05) is 104 Å².